The molecule has 0 unspecified atom stereocenters. The van der Waals surface area contributed by atoms with E-state index in [1.165, 1.54) is 5.38 Å². The number of nitrogen functional groups attached to an aromatic ring is 1. The van der Waals surface area contributed by atoms with Crippen LogP contribution in [0.25, 0.3) is 0 Å². The first-order chi connectivity index (χ1) is 14.2. The van der Waals surface area contributed by atoms with Crippen molar-refractivity contribution in [2.75, 3.05) is 12.8 Å². The van der Waals surface area contributed by atoms with Crippen LogP contribution in [0.2, 0.25) is 0 Å². The van der Waals surface area contributed by atoms with E-state index in [1.807, 2.05) is 5.32 Å². The molecular formula is C14H15N5Na2O10S2. The SMILES string of the molecule is COC(=O)[C@@H]1[C@H](NC(=O)/C(=N\OC(C)(C)C(=O)[O-])c2csc(N)n2)C(=O)N1S(=O)(=O)[O-].[Na+].[Na+]. The Morgan fingerprint density at radius 2 is 1.91 bits per heavy atom. The Morgan fingerprint density at radius 1 is 1.33 bits per heavy atom. The molecule has 1 aliphatic rings. The normalized spacial score (nSPS) is 18.2. The fraction of sp³-hybridized carbons (Fsp3) is 0.429. The molecule has 0 aromatic carbocycles. The average Bonchev–Trinajstić information content (AvgIpc) is 3.07. The van der Waals surface area contributed by atoms with Gasteiger partial charge in [-0.1, -0.05) is 5.16 Å². The molecule has 19 heteroatoms. The molecule has 2 heterocycles. The molecule has 170 valence electrons. The van der Waals surface area contributed by atoms with Crippen LogP contribution in [0.4, 0.5) is 5.13 Å². The molecule has 15 nitrogen and oxygen atoms in total. The summed E-state index contributed by atoms with van der Waals surface area (Å²) in [5, 5.41) is 17.8. The number of aliphatic carboxylic acids is 1. The van der Waals surface area contributed by atoms with Gasteiger partial charge in [0, 0.05) is 5.38 Å². The number of thiazole rings is 1. The van der Waals surface area contributed by atoms with Crippen molar-refractivity contribution in [2.45, 2.75) is 31.5 Å². The number of hydrogen-bond donors (Lipinski definition) is 2. The molecule has 0 saturated carbocycles. The van der Waals surface area contributed by atoms with Crippen LogP contribution in [-0.4, -0.2) is 76.5 Å². The molecule has 1 saturated heterocycles. The molecule has 1 aromatic heterocycles. The third-order valence-electron chi connectivity index (χ3n) is 3.86. The first-order valence-corrected chi connectivity index (χ1v) is 10.3. The maximum Gasteiger partial charge on any atom is 1.00 e. The van der Waals surface area contributed by atoms with Crippen molar-refractivity contribution in [1.29, 1.82) is 0 Å². The molecule has 2 amide bonds. The van der Waals surface area contributed by atoms with E-state index in [1.54, 1.807) is 0 Å². The Morgan fingerprint density at radius 3 is 2.33 bits per heavy atom. The van der Waals surface area contributed by atoms with Gasteiger partial charge < -0.3 is 35.1 Å². The van der Waals surface area contributed by atoms with Crippen LogP contribution in [-0.2, 0) is 39.1 Å². The smallest absolute Gasteiger partial charge is 0.731 e. The van der Waals surface area contributed by atoms with Crippen LogP contribution in [0.1, 0.15) is 19.5 Å². The Balaban J connectivity index is 0.00000512. The second-order valence-corrected chi connectivity index (χ2v) is 8.55. The first-order valence-electron chi connectivity index (χ1n) is 8.07. The molecule has 2 rings (SSSR count). The van der Waals surface area contributed by atoms with Gasteiger partial charge in [-0.3, -0.25) is 9.59 Å². The largest absolute Gasteiger partial charge is 1.00 e. The predicted octanol–water partition coefficient (Wildman–Crippen LogP) is -9.69. The summed E-state index contributed by atoms with van der Waals surface area (Å²) in [6.45, 7) is 2.16. The summed E-state index contributed by atoms with van der Waals surface area (Å²) in [4.78, 5) is 56.3. The molecule has 33 heavy (non-hydrogen) atoms. The number of rotatable bonds is 8. The fourth-order valence-electron chi connectivity index (χ4n) is 2.21. The molecule has 0 spiro atoms. The number of oxime groups is 1. The Labute approximate surface area is 235 Å². The van der Waals surface area contributed by atoms with Crippen molar-refractivity contribution in [3.63, 3.8) is 0 Å². The summed E-state index contributed by atoms with van der Waals surface area (Å²) >= 11 is 0.893. The quantitative estimate of drug-likeness (QED) is 0.0807. The van der Waals surface area contributed by atoms with Crippen LogP contribution in [0.15, 0.2) is 10.5 Å². The third kappa shape index (κ3) is 7.09. The number of anilines is 1. The van der Waals surface area contributed by atoms with E-state index in [0.29, 0.717) is 0 Å². The zero-order valence-corrected chi connectivity index (χ0v) is 23.7. The van der Waals surface area contributed by atoms with Gasteiger partial charge >= 0.3 is 65.1 Å². The maximum atomic E-state index is 12.7. The number of amides is 2. The van der Waals surface area contributed by atoms with Gasteiger partial charge in [-0.15, -0.1) is 11.3 Å². The van der Waals surface area contributed by atoms with Gasteiger partial charge in [-0.25, -0.2) is 22.5 Å². The Hall–Kier alpha value is -1.31. The molecule has 0 bridgehead atoms. The summed E-state index contributed by atoms with van der Waals surface area (Å²) < 4.78 is 37.8. The van der Waals surface area contributed by atoms with Crippen molar-refractivity contribution < 1.29 is 106 Å². The molecule has 0 radical (unpaired) electrons. The number of hydrogen-bond acceptors (Lipinski definition) is 14. The number of ether oxygens (including phenoxy) is 1. The second kappa shape index (κ2) is 11.9. The predicted molar refractivity (Wildman–Crippen MR) is 97.5 cm³/mol. The fourth-order valence-corrected chi connectivity index (χ4v) is 3.58. The van der Waals surface area contributed by atoms with E-state index in [-0.39, 0.29) is 74.2 Å². The van der Waals surface area contributed by atoms with Gasteiger partial charge in [0.15, 0.2) is 32.8 Å². The van der Waals surface area contributed by atoms with E-state index < -0.39 is 57.5 Å². The van der Waals surface area contributed by atoms with Crippen LogP contribution in [0, 0.1) is 0 Å². The number of carbonyl (C=O) groups excluding carboxylic acids is 4. The number of carbonyl (C=O) groups is 4. The van der Waals surface area contributed by atoms with Gasteiger partial charge in [-0.2, -0.15) is 0 Å². The van der Waals surface area contributed by atoms with Gasteiger partial charge in [-0.05, 0) is 13.8 Å². The number of nitrogens with one attached hydrogen (secondary N) is 1. The zero-order valence-electron chi connectivity index (χ0n) is 18.1. The van der Waals surface area contributed by atoms with Crippen molar-refractivity contribution in [2.24, 2.45) is 5.16 Å². The van der Waals surface area contributed by atoms with Crippen molar-refractivity contribution in [3.8, 4) is 0 Å². The topological polar surface area (TPSA) is 234 Å². The molecule has 1 fully saturated rings. The van der Waals surface area contributed by atoms with Gasteiger partial charge in [0.2, 0.25) is 0 Å². The summed E-state index contributed by atoms with van der Waals surface area (Å²) in [6, 6.07) is -3.75. The number of aromatic nitrogens is 1. The average molecular weight is 523 g/mol. The van der Waals surface area contributed by atoms with Crippen molar-refractivity contribution >= 4 is 56.2 Å². The number of nitrogens with two attached hydrogens (primary N) is 1. The Bertz CT molecular complexity index is 1070. The number of methoxy groups -OCH3 is 1. The van der Waals surface area contributed by atoms with Crippen molar-refractivity contribution in [1.82, 2.24) is 14.6 Å². The molecule has 1 aliphatic heterocycles. The molecule has 2 atom stereocenters. The standard InChI is InChI=1S/C14H17N5O10S2.2Na/c1-14(2,12(23)24)29-18-6(5-4-30-13(15)16-5)9(20)17-7-8(11(22)28-3)19(10(7)21)31(25,26)27;;/h4,7-8H,1-3H3,(H2,15,16)(H,17,20)(H,23,24)(H,25,26,27);;/q;2*+1/p-2/b18-6-;;/t7-,8-;;/m0../s1. The number of β-lactam (4-membered cyclic amide) rings is 1. The van der Waals surface area contributed by atoms with E-state index in [9.17, 15) is 37.3 Å². The minimum atomic E-state index is -5.37. The third-order valence-corrected chi connectivity index (χ3v) is 5.42. The molecule has 1 aromatic rings. The second-order valence-electron chi connectivity index (χ2n) is 6.41. The summed E-state index contributed by atoms with van der Waals surface area (Å²) in [7, 11) is -4.49. The van der Waals surface area contributed by atoms with Gasteiger partial charge in [0.25, 0.3) is 11.8 Å². The minimum Gasteiger partial charge on any atom is -0.731 e. The van der Waals surface area contributed by atoms with Crippen LogP contribution in [0.5, 0.6) is 0 Å². The summed E-state index contributed by atoms with van der Waals surface area (Å²) in [5.41, 5.74) is 2.71. The molecule has 3 N–H and O–H groups in total. The zero-order chi connectivity index (χ0) is 23.7. The minimum absolute atomic E-state index is 0. The van der Waals surface area contributed by atoms with E-state index >= 15 is 0 Å². The van der Waals surface area contributed by atoms with Crippen molar-refractivity contribution in [3.05, 3.63) is 11.1 Å². The molecule has 0 aliphatic carbocycles. The van der Waals surface area contributed by atoms with E-state index in [4.69, 9.17) is 10.6 Å². The van der Waals surface area contributed by atoms with Crippen LogP contribution < -0.4 is 75.3 Å². The van der Waals surface area contributed by atoms with Gasteiger partial charge in [0.05, 0.1) is 13.1 Å². The van der Waals surface area contributed by atoms with Crippen LogP contribution >= 0.6 is 11.3 Å². The van der Waals surface area contributed by atoms with E-state index in [2.05, 4.69) is 14.9 Å². The van der Waals surface area contributed by atoms with Crippen LogP contribution in [0.3, 0.4) is 0 Å². The maximum absolute atomic E-state index is 12.7. The molecular weight excluding hydrogens is 508 g/mol. The monoisotopic (exact) mass is 523 g/mol. The number of carboxylic acids is 1. The number of carboxylic acid groups (broad SMARTS) is 1. The summed E-state index contributed by atoms with van der Waals surface area (Å²) in [6.07, 6.45) is 0. The number of esters is 1. The number of nitrogens with zero attached hydrogens (tertiary/aromatic N) is 3. The van der Waals surface area contributed by atoms with Gasteiger partial charge in [0.1, 0.15) is 11.7 Å². The summed E-state index contributed by atoms with van der Waals surface area (Å²) in [5.74, 6) is -5.55. The first kappa shape index (κ1) is 31.7. The Kier molecular flexibility index (Phi) is 11.4. The van der Waals surface area contributed by atoms with E-state index in [0.717, 1.165) is 32.3 Å².